The average Bonchev–Trinajstić information content (AvgIpc) is 3.30. The molecule has 41 heavy (non-hydrogen) atoms. The molecule has 0 spiro atoms. The van der Waals surface area contributed by atoms with Crippen LogP contribution in [-0.2, 0) is 16.0 Å². The normalized spacial score (nSPS) is 18.8. The van der Waals surface area contributed by atoms with Gasteiger partial charge in [-0.15, -0.1) is 0 Å². The number of ether oxygens (including phenoxy) is 3. The summed E-state index contributed by atoms with van der Waals surface area (Å²) in [6.45, 7) is 7.94. The van der Waals surface area contributed by atoms with Gasteiger partial charge in [0.25, 0.3) is 0 Å². The van der Waals surface area contributed by atoms with E-state index in [4.69, 9.17) is 14.2 Å². The third kappa shape index (κ3) is 6.43. The number of nitrogens with one attached hydrogen (secondary N) is 3. The maximum Gasteiger partial charge on any atom is 0.242 e. The molecule has 0 unspecified atom stereocenters. The molecule has 0 radical (unpaired) electrons. The van der Waals surface area contributed by atoms with Crippen molar-refractivity contribution in [3.63, 3.8) is 0 Å². The maximum absolute atomic E-state index is 13.5. The number of amides is 2. The Morgan fingerprint density at radius 2 is 1.83 bits per heavy atom. The second kappa shape index (κ2) is 13.2. The molecule has 0 aromatic heterocycles. The Kier molecular flexibility index (Phi) is 9.75. The van der Waals surface area contributed by atoms with Crippen molar-refractivity contribution in [1.82, 2.24) is 15.5 Å². The summed E-state index contributed by atoms with van der Waals surface area (Å²) in [5, 5.41) is 9.17. The molecule has 2 aromatic rings. The molecule has 3 N–H and O–H groups in total. The molecular weight excluding hydrogens is 524 g/mol. The van der Waals surface area contributed by atoms with Gasteiger partial charge in [-0.25, -0.2) is 0 Å². The number of hydrogen-bond donors (Lipinski definition) is 3. The number of methoxy groups -OCH3 is 3. The number of hydrogen-bond acceptors (Lipinski definition) is 8. The number of benzene rings is 1. The zero-order chi connectivity index (χ0) is 29.7. The summed E-state index contributed by atoms with van der Waals surface area (Å²) >= 11 is 0. The van der Waals surface area contributed by atoms with Gasteiger partial charge in [0.15, 0.2) is 11.5 Å². The predicted molar refractivity (Wildman–Crippen MR) is 159 cm³/mol. The molecule has 2 aliphatic rings. The van der Waals surface area contributed by atoms with Crippen molar-refractivity contribution in [1.29, 1.82) is 0 Å². The smallest absolute Gasteiger partial charge is 0.242 e. The van der Waals surface area contributed by atoms with E-state index in [0.717, 1.165) is 42.6 Å². The van der Waals surface area contributed by atoms with Crippen molar-refractivity contribution < 1.29 is 23.8 Å². The van der Waals surface area contributed by atoms with Gasteiger partial charge < -0.3 is 30.2 Å². The van der Waals surface area contributed by atoms with Crippen molar-refractivity contribution in [2.75, 3.05) is 46.3 Å². The second-order valence-electron chi connectivity index (χ2n) is 10.6. The van der Waals surface area contributed by atoms with Gasteiger partial charge in [-0.3, -0.25) is 19.3 Å². The third-order valence-corrected chi connectivity index (χ3v) is 8.10. The molecule has 222 valence electrons. The van der Waals surface area contributed by atoms with Crippen LogP contribution in [0.25, 0.3) is 11.1 Å². The topological polar surface area (TPSA) is 118 Å². The van der Waals surface area contributed by atoms with Gasteiger partial charge in [-0.2, -0.15) is 0 Å². The van der Waals surface area contributed by atoms with E-state index in [1.165, 1.54) is 6.92 Å². The summed E-state index contributed by atoms with van der Waals surface area (Å²) in [6, 6.07) is 6.30. The van der Waals surface area contributed by atoms with Crippen molar-refractivity contribution in [3.8, 4) is 28.4 Å². The van der Waals surface area contributed by atoms with Crippen molar-refractivity contribution in [2.24, 2.45) is 0 Å². The highest BCUT2D eigenvalue weighted by Crippen LogP contribution is 2.50. The first-order chi connectivity index (χ1) is 19.7. The number of carbonyl (C=O) groups is 2. The van der Waals surface area contributed by atoms with Crippen LogP contribution in [0.5, 0.6) is 17.2 Å². The van der Waals surface area contributed by atoms with Crippen molar-refractivity contribution >= 4 is 17.5 Å². The number of nitrogens with zero attached hydrogens (tertiary/aromatic N) is 1. The lowest BCUT2D eigenvalue weighted by Gasteiger charge is -2.24. The molecule has 3 atom stereocenters. The molecule has 1 aliphatic carbocycles. The molecule has 1 fully saturated rings. The number of anilines is 1. The Bertz CT molecular complexity index is 1350. The van der Waals surface area contributed by atoms with Crippen molar-refractivity contribution in [3.05, 3.63) is 45.6 Å². The highest BCUT2D eigenvalue weighted by atomic mass is 16.5. The number of fused-ring (bicyclic) bond motifs is 3. The van der Waals surface area contributed by atoms with E-state index in [-0.39, 0.29) is 17.2 Å². The summed E-state index contributed by atoms with van der Waals surface area (Å²) in [6.07, 6.45) is 3.39. The lowest BCUT2D eigenvalue weighted by atomic mass is 9.95. The van der Waals surface area contributed by atoms with Crippen LogP contribution in [0.2, 0.25) is 0 Å². The van der Waals surface area contributed by atoms with Crippen LogP contribution in [0.15, 0.2) is 29.1 Å². The second-order valence-corrected chi connectivity index (χ2v) is 10.6. The molecule has 2 amide bonds. The molecular formula is C31H42N4O6. The van der Waals surface area contributed by atoms with Crippen molar-refractivity contribution in [2.45, 2.75) is 64.6 Å². The van der Waals surface area contributed by atoms with E-state index in [0.29, 0.717) is 53.9 Å². The first-order valence-corrected chi connectivity index (χ1v) is 14.3. The molecule has 1 aliphatic heterocycles. The van der Waals surface area contributed by atoms with E-state index in [1.54, 1.807) is 40.4 Å². The van der Waals surface area contributed by atoms with E-state index < -0.39 is 12.1 Å². The van der Waals surface area contributed by atoms with E-state index in [9.17, 15) is 14.4 Å². The Labute approximate surface area is 241 Å². The van der Waals surface area contributed by atoms with Gasteiger partial charge in [0.05, 0.1) is 33.1 Å². The Hall–Kier alpha value is -3.79. The van der Waals surface area contributed by atoms with Gasteiger partial charge in [0.2, 0.25) is 23.0 Å². The fraction of sp³-hybridized carbons (Fsp3) is 0.516. The average molecular weight is 567 g/mol. The molecule has 1 saturated heterocycles. The lowest BCUT2D eigenvalue weighted by Crippen LogP contribution is -2.45. The van der Waals surface area contributed by atoms with Crippen LogP contribution in [0.4, 0.5) is 5.69 Å². The van der Waals surface area contributed by atoms with Crippen LogP contribution >= 0.6 is 0 Å². The third-order valence-electron chi connectivity index (χ3n) is 8.10. The Morgan fingerprint density at radius 1 is 1.07 bits per heavy atom. The zero-order valence-electron chi connectivity index (χ0n) is 24.9. The quantitative estimate of drug-likeness (QED) is 0.401. The highest BCUT2D eigenvalue weighted by molar-refractivity contribution is 5.85. The number of carbonyl (C=O) groups excluding carboxylic acids is 2. The summed E-state index contributed by atoms with van der Waals surface area (Å²) < 4.78 is 17.1. The van der Waals surface area contributed by atoms with E-state index >= 15 is 0 Å². The zero-order valence-corrected chi connectivity index (χ0v) is 24.9. The van der Waals surface area contributed by atoms with Gasteiger partial charge in [-0.05, 0) is 80.6 Å². The fourth-order valence-corrected chi connectivity index (χ4v) is 6.04. The molecule has 2 aromatic carbocycles. The van der Waals surface area contributed by atoms with Gasteiger partial charge >= 0.3 is 0 Å². The number of rotatable bonds is 10. The molecule has 0 bridgehead atoms. The Morgan fingerprint density at radius 3 is 2.49 bits per heavy atom. The van der Waals surface area contributed by atoms with Gasteiger partial charge in [-0.1, -0.05) is 13.0 Å². The minimum absolute atomic E-state index is 0.166. The van der Waals surface area contributed by atoms with Crippen LogP contribution in [0, 0.1) is 0 Å². The summed E-state index contributed by atoms with van der Waals surface area (Å²) in [5.41, 5.74) is 3.13. The number of likely N-dealkylation sites (N-methyl/N-ethyl adjacent to an activating group) is 1. The van der Waals surface area contributed by atoms with Crippen LogP contribution in [0.3, 0.4) is 0 Å². The van der Waals surface area contributed by atoms with E-state index in [1.807, 2.05) is 12.1 Å². The van der Waals surface area contributed by atoms with Gasteiger partial charge in [0, 0.05) is 25.1 Å². The lowest BCUT2D eigenvalue weighted by molar-refractivity contribution is -0.122. The minimum Gasteiger partial charge on any atom is -0.493 e. The maximum atomic E-state index is 13.5. The van der Waals surface area contributed by atoms with E-state index in [2.05, 4.69) is 27.8 Å². The minimum atomic E-state index is -0.626. The summed E-state index contributed by atoms with van der Waals surface area (Å²) in [5.74, 6) is 1.11. The number of likely N-dealkylation sites (tertiary alicyclic amines) is 1. The summed E-state index contributed by atoms with van der Waals surface area (Å²) in [4.78, 5) is 41.0. The first-order valence-electron chi connectivity index (χ1n) is 14.3. The van der Waals surface area contributed by atoms with Crippen LogP contribution in [0.1, 0.15) is 57.2 Å². The van der Waals surface area contributed by atoms with Crippen LogP contribution < -0.4 is 35.6 Å². The van der Waals surface area contributed by atoms with Gasteiger partial charge in [0.1, 0.15) is 6.04 Å². The molecule has 10 heteroatoms. The Balaban J connectivity index is 1.72. The summed E-state index contributed by atoms with van der Waals surface area (Å²) in [7, 11) is 4.68. The standard InChI is InChI=1S/C31H42N4O6/c1-7-35-14-8-9-21(35)17-32-31(38)18(2)33-25-13-11-22-23(16-26(25)37)24(34-19(3)36)12-10-20-15-27(39-4)29(40-5)30(41-6)28(20)22/h11,13,15-16,18,21,24H,7-10,12,14,17H2,1-6H3,(H,32,38)(H,33,37)(H,34,36)/t18-,21-,24-/m0/s1. The number of aryl methyl sites for hydroxylation is 1. The van der Waals surface area contributed by atoms with Crippen LogP contribution in [-0.4, -0.2) is 69.8 Å². The molecule has 0 saturated carbocycles. The molecule has 4 rings (SSSR count). The SMILES string of the molecule is CCN1CCC[C@H]1CNC(=O)[C@H](C)Nc1ccc2c(cc1=O)[C@@H](NC(C)=O)CCc1cc(OC)c(OC)c(OC)c1-2. The fourth-order valence-electron chi connectivity index (χ4n) is 6.04. The highest BCUT2D eigenvalue weighted by Gasteiger charge is 2.30. The predicted octanol–water partition coefficient (Wildman–Crippen LogP) is 3.26. The monoisotopic (exact) mass is 566 g/mol. The largest absolute Gasteiger partial charge is 0.493 e. The molecule has 1 heterocycles. The first kappa shape index (κ1) is 30.2. The molecule has 10 nitrogen and oxygen atoms in total.